The van der Waals surface area contributed by atoms with Gasteiger partial charge in [0.25, 0.3) is 0 Å². The Kier molecular flexibility index (Phi) is 8.69. The van der Waals surface area contributed by atoms with Crippen LogP contribution in [0.15, 0.2) is 0 Å². The average Bonchev–Trinajstić information content (AvgIpc) is 2.42. The lowest BCUT2D eigenvalue weighted by atomic mass is 9.99. The van der Waals surface area contributed by atoms with Gasteiger partial charge in [-0.15, -0.1) is 0 Å². The van der Waals surface area contributed by atoms with Gasteiger partial charge >= 0.3 is 6.03 Å². The first kappa shape index (κ1) is 18.2. The van der Waals surface area contributed by atoms with Crippen LogP contribution in [0.1, 0.15) is 46.5 Å². The molecule has 5 nitrogen and oxygen atoms in total. The fraction of sp³-hybridized carbons (Fsp3) is 0.938. The van der Waals surface area contributed by atoms with Crippen molar-refractivity contribution < 1.29 is 9.90 Å². The number of rotatable bonds is 8. The molecule has 2 amide bonds. The van der Waals surface area contributed by atoms with E-state index in [0.29, 0.717) is 18.9 Å². The van der Waals surface area contributed by atoms with E-state index in [9.17, 15) is 9.90 Å². The zero-order valence-corrected chi connectivity index (χ0v) is 13.9. The molecule has 5 heteroatoms. The molecule has 1 fully saturated rings. The monoisotopic (exact) mass is 299 g/mol. The molecule has 124 valence electrons. The molecule has 0 spiro atoms. The van der Waals surface area contributed by atoms with Gasteiger partial charge in [-0.1, -0.05) is 13.8 Å². The van der Waals surface area contributed by atoms with Gasteiger partial charge in [0.1, 0.15) is 0 Å². The van der Waals surface area contributed by atoms with Crippen molar-refractivity contribution in [1.82, 2.24) is 15.5 Å². The highest BCUT2D eigenvalue weighted by Gasteiger charge is 2.14. The van der Waals surface area contributed by atoms with E-state index in [4.69, 9.17) is 0 Å². The first-order chi connectivity index (χ1) is 9.97. The van der Waals surface area contributed by atoms with Crippen LogP contribution in [0, 0.1) is 11.8 Å². The zero-order valence-electron chi connectivity index (χ0n) is 13.9. The van der Waals surface area contributed by atoms with E-state index >= 15 is 0 Å². The molecule has 1 rings (SSSR count). The Morgan fingerprint density at radius 3 is 2.57 bits per heavy atom. The minimum Gasteiger partial charge on any atom is -0.393 e. The second-order valence-corrected chi connectivity index (χ2v) is 6.70. The second kappa shape index (κ2) is 10.0. The third-order valence-corrected chi connectivity index (χ3v) is 4.17. The molecule has 2 atom stereocenters. The van der Waals surface area contributed by atoms with Crippen molar-refractivity contribution in [3.8, 4) is 0 Å². The van der Waals surface area contributed by atoms with Gasteiger partial charge in [0.2, 0.25) is 0 Å². The summed E-state index contributed by atoms with van der Waals surface area (Å²) in [6, 6.07) is -0.0975. The third-order valence-electron chi connectivity index (χ3n) is 4.17. The van der Waals surface area contributed by atoms with E-state index < -0.39 is 0 Å². The van der Waals surface area contributed by atoms with Gasteiger partial charge in [0, 0.05) is 13.1 Å². The Morgan fingerprint density at radius 1 is 1.29 bits per heavy atom. The van der Waals surface area contributed by atoms with Crippen molar-refractivity contribution in [3.05, 3.63) is 0 Å². The van der Waals surface area contributed by atoms with Crippen LogP contribution >= 0.6 is 0 Å². The summed E-state index contributed by atoms with van der Waals surface area (Å²) < 4.78 is 0. The molecule has 1 heterocycles. The molecular weight excluding hydrogens is 266 g/mol. The highest BCUT2D eigenvalue weighted by atomic mass is 16.3. The van der Waals surface area contributed by atoms with Crippen molar-refractivity contribution >= 4 is 6.03 Å². The van der Waals surface area contributed by atoms with Crippen LogP contribution in [0.25, 0.3) is 0 Å². The fourth-order valence-corrected chi connectivity index (χ4v) is 2.79. The van der Waals surface area contributed by atoms with E-state index in [1.165, 1.54) is 25.9 Å². The van der Waals surface area contributed by atoms with Crippen LogP contribution in [0.3, 0.4) is 0 Å². The summed E-state index contributed by atoms with van der Waals surface area (Å²) in [5.74, 6) is 1.17. The molecule has 0 bridgehead atoms. The van der Waals surface area contributed by atoms with Gasteiger partial charge in [-0.05, 0) is 64.1 Å². The highest BCUT2D eigenvalue weighted by Crippen LogP contribution is 2.15. The first-order valence-corrected chi connectivity index (χ1v) is 8.39. The van der Waals surface area contributed by atoms with Crippen molar-refractivity contribution in [3.63, 3.8) is 0 Å². The number of hydrogen-bond donors (Lipinski definition) is 3. The normalized spacial score (nSPS) is 20.0. The number of amides is 2. The molecule has 0 aromatic carbocycles. The Morgan fingerprint density at radius 2 is 1.95 bits per heavy atom. The van der Waals surface area contributed by atoms with Crippen LogP contribution in [-0.2, 0) is 0 Å². The number of aliphatic hydroxyl groups excluding tert-OH is 1. The lowest BCUT2D eigenvalue weighted by Gasteiger charge is -2.30. The number of hydrogen-bond acceptors (Lipinski definition) is 3. The number of likely N-dealkylation sites (tertiary alicyclic amines) is 1. The van der Waals surface area contributed by atoms with Gasteiger partial charge in [0.15, 0.2) is 0 Å². The summed E-state index contributed by atoms with van der Waals surface area (Å²) in [5, 5.41) is 15.0. The number of urea groups is 1. The maximum absolute atomic E-state index is 11.6. The molecule has 3 N–H and O–H groups in total. The molecule has 0 aromatic heterocycles. The molecule has 1 saturated heterocycles. The Hall–Kier alpha value is -0.810. The Balaban J connectivity index is 1.98. The van der Waals surface area contributed by atoms with Gasteiger partial charge in [-0.3, -0.25) is 0 Å². The Bertz CT molecular complexity index is 289. The summed E-state index contributed by atoms with van der Waals surface area (Å²) in [6.45, 7) is 10.9. The summed E-state index contributed by atoms with van der Waals surface area (Å²) in [7, 11) is 0. The van der Waals surface area contributed by atoms with Crippen LogP contribution in [-0.4, -0.2) is 54.9 Å². The second-order valence-electron chi connectivity index (χ2n) is 6.70. The topological polar surface area (TPSA) is 64.6 Å². The van der Waals surface area contributed by atoms with Crippen LogP contribution in [0.2, 0.25) is 0 Å². The quantitative estimate of drug-likeness (QED) is 0.599. The molecule has 0 saturated carbocycles. The molecule has 2 unspecified atom stereocenters. The molecule has 1 aliphatic rings. The maximum Gasteiger partial charge on any atom is 0.314 e. The third kappa shape index (κ3) is 8.94. The predicted molar refractivity (Wildman–Crippen MR) is 86.3 cm³/mol. The van der Waals surface area contributed by atoms with Gasteiger partial charge in [-0.25, -0.2) is 4.79 Å². The zero-order chi connectivity index (χ0) is 15.7. The van der Waals surface area contributed by atoms with E-state index in [0.717, 1.165) is 25.4 Å². The van der Waals surface area contributed by atoms with Gasteiger partial charge < -0.3 is 20.6 Å². The predicted octanol–water partition coefficient (Wildman–Crippen LogP) is 1.81. The van der Waals surface area contributed by atoms with Crippen molar-refractivity contribution in [2.75, 3.05) is 32.7 Å². The summed E-state index contributed by atoms with van der Waals surface area (Å²) in [6.07, 6.45) is 4.01. The number of piperidine rings is 1. The summed E-state index contributed by atoms with van der Waals surface area (Å²) in [4.78, 5) is 14.1. The SMILES string of the molecule is CC(O)CC(C)CNC(=O)NCCCN1CCC(C)CC1. The van der Waals surface area contributed by atoms with E-state index in [2.05, 4.69) is 22.5 Å². The van der Waals surface area contributed by atoms with Crippen LogP contribution in [0.4, 0.5) is 4.79 Å². The number of nitrogens with one attached hydrogen (secondary N) is 2. The number of carbonyl (C=O) groups excluding carboxylic acids is 1. The minimum absolute atomic E-state index is 0.0975. The van der Waals surface area contributed by atoms with E-state index in [-0.39, 0.29) is 12.1 Å². The Labute approximate surface area is 129 Å². The number of aliphatic hydroxyl groups is 1. The van der Waals surface area contributed by atoms with Gasteiger partial charge in [-0.2, -0.15) is 0 Å². The van der Waals surface area contributed by atoms with Crippen LogP contribution in [0.5, 0.6) is 0 Å². The number of carbonyl (C=O) groups is 1. The van der Waals surface area contributed by atoms with E-state index in [1.807, 2.05) is 6.92 Å². The largest absolute Gasteiger partial charge is 0.393 e. The van der Waals surface area contributed by atoms with Crippen LogP contribution < -0.4 is 10.6 Å². The maximum atomic E-state index is 11.6. The number of nitrogens with zero attached hydrogens (tertiary/aromatic N) is 1. The molecule has 1 aliphatic heterocycles. The fourth-order valence-electron chi connectivity index (χ4n) is 2.79. The lowest BCUT2D eigenvalue weighted by molar-refractivity contribution is 0.163. The standard InChI is InChI=1S/C16H33N3O2/c1-13-5-9-19(10-6-13)8-4-7-17-16(21)18-12-14(2)11-15(3)20/h13-15,20H,4-12H2,1-3H3,(H2,17,18,21). The molecule has 0 radical (unpaired) electrons. The molecule has 0 aromatic rings. The molecule has 21 heavy (non-hydrogen) atoms. The highest BCUT2D eigenvalue weighted by molar-refractivity contribution is 5.73. The van der Waals surface area contributed by atoms with Crippen molar-refractivity contribution in [2.45, 2.75) is 52.6 Å². The van der Waals surface area contributed by atoms with Crippen molar-refractivity contribution in [1.29, 1.82) is 0 Å². The summed E-state index contributed by atoms with van der Waals surface area (Å²) >= 11 is 0. The van der Waals surface area contributed by atoms with Crippen molar-refractivity contribution in [2.24, 2.45) is 11.8 Å². The summed E-state index contributed by atoms with van der Waals surface area (Å²) in [5.41, 5.74) is 0. The first-order valence-electron chi connectivity index (χ1n) is 8.39. The molecule has 0 aliphatic carbocycles. The van der Waals surface area contributed by atoms with E-state index in [1.54, 1.807) is 6.92 Å². The molecular formula is C16H33N3O2. The minimum atomic E-state index is -0.308. The smallest absolute Gasteiger partial charge is 0.314 e. The van der Waals surface area contributed by atoms with Gasteiger partial charge in [0.05, 0.1) is 6.10 Å². The average molecular weight is 299 g/mol. The lowest BCUT2D eigenvalue weighted by Crippen LogP contribution is -2.40.